The minimum Gasteiger partial charge on any atom is -0.344 e. The van der Waals surface area contributed by atoms with Crippen LogP contribution in [0.1, 0.15) is 38.2 Å². The van der Waals surface area contributed by atoms with E-state index in [9.17, 15) is 13.2 Å². The highest BCUT2D eigenvalue weighted by Crippen LogP contribution is 2.40. The lowest BCUT2D eigenvalue weighted by molar-refractivity contribution is -0.237. The van der Waals surface area contributed by atoms with Crippen molar-refractivity contribution in [2.24, 2.45) is 11.8 Å². The van der Waals surface area contributed by atoms with Crippen LogP contribution in [0, 0.1) is 23.5 Å². The van der Waals surface area contributed by atoms with Gasteiger partial charge in [-0.1, -0.05) is 24.3 Å². The highest BCUT2D eigenvalue weighted by Gasteiger charge is 2.46. The molecule has 158 valence electrons. The van der Waals surface area contributed by atoms with Crippen molar-refractivity contribution in [1.82, 2.24) is 0 Å². The van der Waals surface area contributed by atoms with Gasteiger partial charge in [0.2, 0.25) is 12.0 Å². The third-order valence-electron chi connectivity index (χ3n) is 5.70. The highest BCUT2D eigenvalue weighted by molar-refractivity contribution is 5.78. The first-order chi connectivity index (χ1) is 13.9. The Bertz CT molecular complexity index is 796. The molecule has 3 rings (SSSR count). The Morgan fingerprint density at radius 3 is 2.52 bits per heavy atom. The molecule has 2 aliphatic carbocycles. The lowest BCUT2D eigenvalue weighted by Crippen LogP contribution is -2.46. The molecule has 6 heteroatoms. The standard InChI is InChI=1S/C23H26F4O2/c1-3-15-8-10-16(11-9-15)14-29-23(28-4-2)13-12-18(21(26)22(23)27)17-6-5-7-19(24)20(17)25/h3,5-7,12-13,15-16,22H,1,4,8-11,14H2,2H3/t15-,16-,22?,23?. The van der Waals surface area contributed by atoms with E-state index in [1.807, 2.05) is 6.08 Å². The predicted molar refractivity (Wildman–Crippen MR) is 104 cm³/mol. The number of alkyl halides is 1. The van der Waals surface area contributed by atoms with Crippen LogP contribution in [0.3, 0.4) is 0 Å². The maximum absolute atomic E-state index is 15.2. The van der Waals surface area contributed by atoms with Gasteiger partial charge in [-0.2, -0.15) is 0 Å². The number of hydrogen-bond donors (Lipinski definition) is 0. The molecule has 0 N–H and O–H groups in total. The first-order valence-corrected chi connectivity index (χ1v) is 9.99. The van der Waals surface area contributed by atoms with Gasteiger partial charge in [0.1, 0.15) is 5.83 Å². The summed E-state index contributed by atoms with van der Waals surface area (Å²) < 4.78 is 68.9. The normalized spacial score (nSPS) is 29.9. The van der Waals surface area contributed by atoms with E-state index in [-0.39, 0.29) is 30.3 Å². The zero-order chi connectivity index (χ0) is 21.0. The number of rotatable bonds is 7. The second-order valence-corrected chi connectivity index (χ2v) is 7.54. The molecule has 0 saturated heterocycles. The van der Waals surface area contributed by atoms with E-state index in [0.29, 0.717) is 5.92 Å². The lowest BCUT2D eigenvalue weighted by atomic mass is 9.82. The second kappa shape index (κ2) is 9.26. The maximum atomic E-state index is 15.2. The molecular weight excluding hydrogens is 384 g/mol. The lowest BCUT2D eigenvalue weighted by Gasteiger charge is -2.37. The van der Waals surface area contributed by atoms with Crippen molar-refractivity contribution in [1.29, 1.82) is 0 Å². The average molecular weight is 410 g/mol. The zero-order valence-corrected chi connectivity index (χ0v) is 16.5. The predicted octanol–water partition coefficient (Wildman–Crippen LogP) is 6.30. The van der Waals surface area contributed by atoms with Crippen LogP contribution in [0.2, 0.25) is 0 Å². The first-order valence-electron chi connectivity index (χ1n) is 9.99. The number of halogens is 4. The molecule has 0 aromatic heterocycles. The average Bonchev–Trinajstić information content (AvgIpc) is 2.73. The van der Waals surface area contributed by atoms with Gasteiger partial charge in [-0.05, 0) is 56.6 Å². The molecule has 1 fully saturated rings. The summed E-state index contributed by atoms with van der Waals surface area (Å²) in [6, 6.07) is 3.37. The molecular formula is C23H26F4O2. The summed E-state index contributed by atoms with van der Waals surface area (Å²) in [6.07, 6.45) is 5.95. The van der Waals surface area contributed by atoms with Gasteiger partial charge in [-0.3, -0.25) is 0 Å². The Labute approximate surface area is 168 Å². The largest absolute Gasteiger partial charge is 0.344 e. The summed E-state index contributed by atoms with van der Waals surface area (Å²) in [4.78, 5) is 0. The van der Waals surface area contributed by atoms with Crippen LogP contribution >= 0.6 is 0 Å². The van der Waals surface area contributed by atoms with Crippen molar-refractivity contribution in [3.8, 4) is 0 Å². The van der Waals surface area contributed by atoms with Crippen LogP contribution in [-0.2, 0) is 9.47 Å². The summed E-state index contributed by atoms with van der Waals surface area (Å²) >= 11 is 0. The van der Waals surface area contributed by atoms with Crippen molar-refractivity contribution in [2.75, 3.05) is 13.2 Å². The van der Waals surface area contributed by atoms with E-state index in [2.05, 4.69) is 6.58 Å². The Balaban J connectivity index is 1.79. The van der Waals surface area contributed by atoms with E-state index in [4.69, 9.17) is 9.47 Å². The fraction of sp³-hybridized carbons (Fsp3) is 0.478. The van der Waals surface area contributed by atoms with Gasteiger partial charge in [0, 0.05) is 17.7 Å². The minimum atomic E-state index is -2.28. The van der Waals surface area contributed by atoms with Crippen molar-refractivity contribution < 1.29 is 27.0 Å². The quantitative estimate of drug-likeness (QED) is 0.299. The monoisotopic (exact) mass is 410 g/mol. The smallest absolute Gasteiger partial charge is 0.227 e. The molecule has 2 aliphatic rings. The van der Waals surface area contributed by atoms with E-state index in [1.165, 1.54) is 24.3 Å². The fourth-order valence-corrected chi connectivity index (χ4v) is 3.96. The van der Waals surface area contributed by atoms with E-state index in [1.54, 1.807) is 6.92 Å². The van der Waals surface area contributed by atoms with Gasteiger partial charge in [-0.25, -0.2) is 17.6 Å². The van der Waals surface area contributed by atoms with Crippen LogP contribution in [-0.4, -0.2) is 25.2 Å². The van der Waals surface area contributed by atoms with Gasteiger partial charge in [0.05, 0.1) is 6.61 Å². The molecule has 1 aromatic carbocycles. The minimum absolute atomic E-state index is 0.102. The van der Waals surface area contributed by atoms with Crippen LogP contribution in [0.4, 0.5) is 17.6 Å². The SMILES string of the molecule is C=C[C@H]1CC[C@H](COC2(OCC)C=CC(c3cccc(F)c3F)=C(F)C2F)CC1. The molecule has 0 bridgehead atoms. The molecule has 0 heterocycles. The topological polar surface area (TPSA) is 18.5 Å². The van der Waals surface area contributed by atoms with Gasteiger partial charge in [0.15, 0.2) is 11.6 Å². The van der Waals surface area contributed by atoms with Crippen molar-refractivity contribution in [2.45, 2.75) is 44.6 Å². The summed E-state index contributed by atoms with van der Waals surface area (Å²) in [7, 11) is 0. The summed E-state index contributed by atoms with van der Waals surface area (Å²) in [5, 5.41) is 0. The summed E-state index contributed by atoms with van der Waals surface area (Å²) in [5.74, 6) is -4.79. The Morgan fingerprint density at radius 1 is 1.14 bits per heavy atom. The second-order valence-electron chi connectivity index (χ2n) is 7.54. The first kappa shape index (κ1) is 21.8. The van der Waals surface area contributed by atoms with Crippen molar-refractivity contribution in [3.05, 3.63) is 66.0 Å². The Hall–Kier alpha value is -1.92. The van der Waals surface area contributed by atoms with Gasteiger partial charge < -0.3 is 9.47 Å². The molecule has 0 spiro atoms. The van der Waals surface area contributed by atoms with Crippen LogP contribution in [0.15, 0.2) is 48.8 Å². The van der Waals surface area contributed by atoms with Crippen LogP contribution < -0.4 is 0 Å². The molecule has 2 unspecified atom stereocenters. The van der Waals surface area contributed by atoms with Gasteiger partial charge in [0.25, 0.3) is 0 Å². The van der Waals surface area contributed by atoms with Crippen LogP contribution in [0.5, 0.6) is 0 Å². The summed E-state index contributed by atoms with van der Waals surface area (Å²) in [5.41, 5.74) is -0.686. The molecule has 2 nitrogen and oxygen atoms in total. The van der Waals surface area contributed by atoms with Gasteiger partial charge >= 0.3 is 0 Å². The molecule has 0 amide bonds. The van der Waals surface area contributed by atoms with Gasteiger partial charge in [-0.15, -0.1) is 6.58 Å². The van der Waals surface area contributed by atoms with Crippen LogP contribution in [0.25, 0.3) is 5.57 Å². The Morgan fingerprint density at radius 2 is 1.86 bits per heavy atom. The Kier molecular flexibility index (Phi) is 6.96. The third kappa shape index (κ3) is 4.48. The highest BCUT2D eigenvalue weighted by atomic mass is 19.2. The van der Waals surface area contributed by atoms with Crippen molar-refractivity contribution >= 4 is 5.57 Å². The molecule has 2 atom stereocenters. The van der Waals surface area contributed by atoms with E-state index < -0.39 is 29.4 Å². The van der Waals surface area contributed by atoms with E-state index >= 15 is 4.39 Å². The number of hydrogen-bond acceptors (Lipinski definition) is 2. The molecule has 1 saturated carbocycles. The zero-order valence-electron chi connectivity index (χ0n) is 16.5. The molecule has 1 aromatic rings. The summed E-state index contributed by atoms with van der Waals surface area (Å²) in [6.45, 7) is 5.81. The van der Waals surface area contributed by atoms with Crippen molar-refractivity contribution in [3.63, 3.8) is 0 Å². The third-order valence-corrected chi connectivity index (χ3v) is 5.70. The molecule has 29 heavy (non-hydrogen) atoms. The molecule has 0 aliphatic heterocycles. The molecule has 0 radical (unpaired) electrons. The number of benzene rings is 1. The number of allylic oxidation sites excluding steroid dienone is 3. The van der Waals surface area contributed by atoms with E-state index in [0.717, 1.165) is 31.7 Å². The fourth-order valence-electron chi connectivity index (χ4n) is 3.96. The number of ether oxygens (including phenoxy) is 2. The maximum Gasteiger partial charge on any atom is 0.227 e.